The van der Waals surface area contributed by atoms with Crippen molar-refractivity contribution in [2.75, 3.05) is 38.1 Å². The van der Waals surface area contributed by atoms with Crippen molar-refractivity contribution in [3.63, 3.8) is 0 Å². The minimum atomic E-state index is 0. The summed E-state index contributed by atoms with van der Waals surface area (Å²) in [6.07, 6.45) is 2.66. The Labute approximate surface area is 179 Å². The molecule has 150 valence electrons. The molecule has 0 saturated carbocycles. The van der Waals surface area contributed by atoms with Gasteiger partial charge in [0.2, 0.25) is 0 Å². The van der Waals surface area contributed by atoms with Crippen LogP contribution in [0.5, 0.6) is 0 Å². The second-order valence-electron chi connectivity index (χ2n) is 6.09. The van der Waals surface area contributed by atoms with Crippen LogP contribution in [0.3, 0.4) is 0 Å². The van der Waals surface area contributed by atoms with Gasteiger partial charge in [0.15, 0.2) is 5.96 Å². The van der Waals surface area contributed by atoms with E-state index in [4.69, 9.17) is 0 Å². The molecule has 0 radical (unpaired) electrons. The van der Waals surface area contributed by atoms with Gasteiger partial charge in [-0.1, -0.05) is 25.1 Å². The summed E-state index contributed by atoms with van der Waals surface area (Å²) in [5.74, 6) is 1.82. The molecule has 27 heavy (non-hydrogen) atoms. The summed E-state index contributed by atoms with van der Waals surface area (Å²) >= 11 is 0. The number of hydrogen-bond acceptors (Lipinski definition) is 4. The first-order chi connectivity index (χ1) is 12.7. The Balaban J connectivity index is 0.00000364. The number of para-hydroxylation sites is 1. The van der Waals surface area contributed by atoms with Crippen molar-refractivity contribution in [1.29, 1.82) is 0 Å². The van der Waals surface area contributed by atoms with E-state index in [1.807, 2.05) is 0 Å². The number of rotatable bonds is 9. The van der Waals surface area contributed by atoms with Gasteiger partial charge in [0.25, 0.3) is 0 Å². The Morgan fingerprint density at radius 1 is 1.19 bits per heavy atom. The van der Waals surface area contributed by atoms with Gasteiger partial charge >= 0.3 is 0 Å². The van der Waals surface area contributed by atoms with E-state index in [9.17, 15) is 0 Å². The summed E-state index contributed by atoms with van der Waals surface area (Å²) in [6, 6.07) is 8.50. The van der Waals surface area contributed by atoms with Crippen LogP contribution in [-0.4, -0.2) is 54.0 Å². The van der Waals surface area contributed by atoms with Crippen LogP contribution in [0.4, 0.5) is 5.69 Å². The predicted octanol–water partition coefficient (Wildman–Crippen LogP) is 2.46. The topological polar surface area (TPSA) is 70.4 Å². The standard InChI is InChI=1S/C19H31N7.HI/c1-5-18-24-23-15-26(18)14-12-22-19(20-4)21-11-13-25(6-2)17-10-8-7-9-16(17)3;/h7-10,15H,5-6,11-14H2,1-4H3,(H2,20,21,22);1H. The Hall–Kier alpha value is -1.84. The van der Waals surface area contributed by atoms with Crippen molar-refractivity contribution < 1.29 is 0 Å². The van der Waals surface area contributed by atoms with Crippen molar-refractivity contribution in [1.82, 2.24) is 25.4 Å². The fourth-order valence-corrected chi connectivity index (χ4v) is 2.93. The van der Waals surface area contributed by atoms with Crippen molar-refractivity contribution in [2.24, 2.45) is 4.99 Å². The molecule has 8 heteroatoms. The maximum atomic E-state index is 4.30. The van der Waals surface area contributed by atoms with E-state index in [2.05, 4.69) is 80.3 Å². The summed E-state index contributed by atoms with van der Waals surface area (Å²) in [4.78, 5) is 6.67. The lowest BCUT2D eigenvalue weighted by atomic mass is 10.2. The molecule has 0 aliphatic rings. The second-order valence-corrected chi connectivity index (χ2v) is 6.09. The van der Waals surface area contributed by atoms with E-state index < -0.39 is 0 Å². The molecule has 0 spiro atoms. The number of aryl methyl sites for hydroxylation is 2. The number of aliphatic imine (C=N–C) groups is 1. The van der Waals surface area contributed by atoms with Gasteiger partial charge in [-0.25, -0.2) is 0 Å². The molecule has 0 saturated heterocycles. The van der Waals surface area contributed by atoms with Crippen molar-refractivity contribution in [2.45, 2.75) is 33.7 Å². The van der Waals surface area contributed by atoms with Crippen LogP contribution < -0.4 is 15.5 Å². The molecular weight excluding hydrogens is 453 g/mol. The highest BCUT2D eigenvalue weighted by Gasteiger charge is 2.07. The monoisotopic (exact) mass is 485 g/mol. The molecule has 2 rings (SSSR count). The number of nitrogens with zero attached hydrogens (tertiary/aromatic N) is 5. The maximum absolute atomic E-state index is 4.30. The molecule has 0 fully saturated rings. The second kappa shape index (κ2) is 12.5. The number of benzene rings is 1. The number of likely N-dealkylation sites (N-methyl/N-ethyl adjacent to an activating group) is 1. The third-order valence-corrected chi connectivity index (χ3v) is 4.39. The minimum absolute atomic E-state index is 0. The number of halogens is 1. The Morgan fingerprint density at radius 3 is 2.59 bits per heavy atom. The van der Waals surface area contributed by atoms with Crippen LogP contribution in [0.25, 0.3) is 0 Å². The number of nitrogens with one attached hydrogen (secondary N) is 2. The van der Waals surface area contributed by atoms with E-state index in [-0.39, 0.29) is 24.0 Å². The third kappa shape index (κ3) is 7.00. The first-order valence-corrected chi connectivity index (χ1v) is 9.31. The number of aromatic nitrogens is 3. The van der Waals surface area contributed by atoms with Crippen molar-refractivity contribution >= 4 is 35.6 Å². The van der Waals surface area contributed by atoms with Gasteiger partial charge in [-0.3, -0.25) is 4.99 Å². The molecule has 1 aromatic carbocycles. The fraction of sp³-hybridized carbons (Fsp3) is 0.526. The summed E-state index contributed by atoms with van der Waals surface area (Å²) in [5, 5.41) is 14.8. The van der Waals surface area contributed by atoms with Crippen LogP contribution in [0.1, 0.15) is 25.2 Å². The van der Waals surface area contributed by atoms with Gasteiger partial charge in [0.1, 0.15) is 12.2 Å². The van der Waals surface area contributed by atoms with Gasteiger partial charge in [-0.2, -0.15) is 0 Å². The highest BCUT2D eigenvalue weighted by atomic mass is 127. The van der Waals surface area contributed by atoms with Gasteiger partial charge in [0, 0.05) is 51.9 Å². The maximum Gasteiger partial charge on any atom is 0.191 e. The smallest absolute Gasteiger partial charge is 0.191 e. The Kier molecular flexibility index (Phi) is 10.8. The van der Waals surface area contributed by atoms with E-state index in [0.717, 1.165) is 50.9 Å². The lowest BCUT2D eigenvalue weighted by molar-refractivity contribution is 0.631. The van der Waals surface area contributed by atoms with Crippen LogP contribution in [0.2, 0.25) is 0 Å². The molecule has 7 nitrogen and oxygen atoms in total. The largest absolute Gasteiger partial charge is 0.370 e. The zero-order valence-corrected chi connectivity index (χ0v) is 19.1. The molecule has 0 aliphatic heterocycles. The van der Waals surface area contributed by atoms with Gasteiger partial charge in [0.05, 0.1) is 0 Å². The Bertz CT molecular complexity index is 699. The predicted molar refractivity (Wildman–Crippen MR) is 123 cm³/mol. The van der Waals surface area contributed by atoms with E-state index in [1.165, 1.54) is 11.3 Å². The molecule has 0 bridgehead atoms. The lowest BCUT2D eigenvalue weighted by Gasteiger charge is -2.25. The van der Waals surface area contributed by atoms with Crippen molar-refractivity contribution in [3.8, 4) is 0 Å². The van der Waals surface area contributed by atoms with Crippen LogP contribution >= 0.6 is 24.0 Å². The average molecular weight is 485 g/mol. The summed E-state index contributed by atoms with van der Waals surface area (Å²) in [7, 11) is 1.80. The van der Waals surface area contributed by atoms with Gasteiger partial charge < -0.3 is 20.1 Å². The van der Waals surface area contributed by atoms with Crippen LogP contribution in [-0.2, 0) is 13.0 Å². The summed E-state index contributed by atoms with van der Waals surface area (Å²) < 4.78 is 2.07. The van der Waals surface area contributed by atoms with Crippen LogP contribution in [0.15, 0.2) is 35.6 Å². The first kappa shape index (κ1) is 23.2. The molecular formula is C19H32IN7. The number of anilines is 1. The quantitative estimate of drug-likeness (QED) is 0.325. The normalized spacial score (nSPS) is 11.0. The number of hydrogen-bond donors (Lipinski definition) is 2. The van der Waals surface area contributed by atoms with E-state index >= 15 is 0 Å². The molecule has 2 aromatic rings. The molecule has 0 unspecified atom stereocenters. The van der Waals surface area contributed by atoms with E-state index in [0.29, 0.717) is 0 Å². The average Bonchev–Trinajstić information content (AvgIpc) is 3.12. The summed E-state index contributed by atoms with van der Waals surface area (Å²) in [5.41, 5.74) is 2.59. The number of guanidine groups is 1. The van der Waals surface area contributed by atoms with Gasteiger partial charge in [-0.15, -0.1) is 34.2 Å². The fourth-order valence-electron chi connectivity index (χ4n) is 2.93. The lowest BCUT2D eigenvalue weighted by Crippen LogP contribution is -2.42. The third-order valence-electron chi connectivity index (χ3n) is 4.39. The molecule has 1 heterocycles. The molecule has 2 N–H and O–H groups in total. The Morgan fingerprint density at radius 2 is 1.93 bits per heavy atom. The molecule has 0 atom stereocenters. The minimum Gasteiger partial charge on any atom is -0.370 e. The highest BCUT2D eigenvalue weighted by molar-refractivity contribution is 14.0. The zero-order chi connectivity index (χ0) is 18.8. The SMILES string of the molecule is CCc1nncn1CCNC(=NC)NCCN(CC)c1ccccc1C.I. The van der Waals surface area contributed by atoms with Gasteiger partial charge in [-0.05, 0) is 25.5 Å². The zero-order valence-electron chi connectivity index (χ0n) is 16.8. The molecule has 0 amide bonds. The molecule has 1 aromatic heterocycles. The first-order valence-electron chi connectivity index (χ1n) is 9.31. The summed E-state index contributed by atoms with van der Waals surface area (Å²) in [6.45, 7) is 10.8. The van der Waals surface area contributed by atoms with Crippen LogP contribution in [0, 0.1) is 6.92 Å². The highest BCUT2D eigenvalue weighted by Crippen LogP contribution is 2.18. The van der Waals surface area contributed by atoms with Crippen molar-refractivity contribution in [3.05, 3.63) is 42.0 Å². The van der Waals surface area contributed by atoms with E-state index in [1.54, 1.807) is 13.4 Å². The molecule has 0 aliphatic carbocycles.